The molecule has 30 heavy (non-hydrogen) atoms. The SMILES string of the molecule is CN(CC=Cc1ccc(NC(=O)N2Cc3ccccc3C2)cc1)Cc1ccccc1. The fourth-order valence-corrected chi connectivity index (χ4v) is 3.69. The van der Waals surface area contributed by atoms with Gasteiger partial charge in [0.1, 0.15) is 0 Å². The van der Waals surface area contributed by atoms with Crippen molar-refractivity contribution in [3.63, 3.8) is 0 Å². The summed E-state index contributed by atoms with van der Waals surface area (Å²) in [5.74, 6) is 0. The molecule has 0 aromatic heterocycles. The van der Waals surface area contributed by atoms with E-state index in [1.165, 1.54) is 16.7 Å². The van der Waals surface area contributed by atoms with E-state index in [1.54, 1.807) is 0 Å². The van der Waals surface area contributed by atoms with Crippen LogP contribution < -0.4 is 5.32 Å². The van der Waals surface area contributed by atoms with E-state index >= 15 is 0 Å². The summed E-state index contributed by atoms with van der Waals surface area (Å²) in [6.07, 6.45) is 4.28. The maximum absolute atomic E-state index is 12.6. The van der Waals surface area contributed by atoms with Gasteiger partial charge in [-0.1, -0.05) is 78.9 Å². The molecule has 152 valence electrons. The second-order valence-corrected chi connectivity index (χ2v) is 7.76. The number of amides is 2. The molecule has 3 aromatic rings. The molecule has 1 aliphatic rings. The normalized spacial score (nSPS) is 13.1. The van der Waals surface area contributed by atoms with Crippen molar-refractivity contribution in [1.82, 2.24) is 9.80 Å². The van der Waals surface area contributed by atoms with Crippen LogP contribution in [-0.2, 0) is 19.6 Å². The van der Waals surface area contributed by atoms with Crippen LogP contribution in [0.2, 0.25) is 0 Å². The van der Waals surface area contributed by atoms with E-state index < -0.39 is 0 Å². The molecular weight excluding hydrogens is 370 g/mol. The highest BCUT2D eigenvalue weighted by atomic mass is 16.2. The predicted octanol–water partition coefficient (Wildman–Crippen LogP) is 5.38. The minimum atomic E-state index is -0.0583. The molecule has 3 aromatic carbocycles. The molecule has 0 bridgehead atoms. The fraction of sp³-hybridized carbons (Fsp3) is 0.192. The van der Waals surface area contributed by atoms with Crippen LogP contribution in [-0.4, -0.2) is 29.4 Å². The van der Waals surface area contributed by atoms with Crippen molar-refractivity contribution < 1.29 is 4.79 Å². The lowest BCUT2D eigenvalue weighted by atomic mass is 10.1. The minimum Gasteiger partial charge on any atom is -0.316 e. The molecule has 4 nitrogen and oxygen atoms in total. The minimum absolute atomic E-state index is 0.0583. The molecule has 1 aliphatic heterocycles. The van der Waals surface area contributed by atoms with Gasteiger partial charge in [0.05, 0.1) is 0 Å². The molecule has 4 heteroatoms. The predicted molar refractivity (Wildman–Crippen MR) is 123 cm³/mol. The van der Waals surface area contributed by atoms with Gasteiger partial charge in [-0.3, -0.25) is 4.90 Å². The lowest BCUT2D eigenvalue weighted by Crippen LogP contribution is -2.30. The number of hydrogen-bond acceptors (Lipinski definition) is 2. The first-order valence-electron chi connectivity index (χ1n) is 10.3. The van der Waals surface area contributed by atoms with Crippen molar-refractivity contribution in [2.75, 3.05) is 18.9 Å². The number of nitrogens with zero attached hydrogens (tertiary/aromatic N) is 2. The van der Waals surface area contributed by atoms with Gasteiger partial charge in [0.2, 0.25) is 0 Å². The number of fused-ring (bicyclic) bond motifs is 1. The van der Waals surface area contributed by atoms with Crippen molar-refractivity contribution in [3.8, 4) is 0 Å². The maximum Gasteiger partial charge on any atom is 0.322 e. The van der Waals surface area contributed by atoms with Crippen LogP contribution in [0, 0.1) is 0 Å². The van der Waals surface area contributed by atoms with Crippen molar-refractivity contribution in [2.24, 2.45) is 0 Å². The van der Waals surface area contributed by atoms with Crippen molar-refractivity contribution >= 4 is 17.8 Å². The van der Waals surface area contributed by atoms with Crippen LogP contribution in [0.25, 0.3) is 6.08 Å². The van der Waals surface area contributed by atoms with Crippen LogP contribution in [0.5, 0.6) is 0 Å². The van der Waals surface area contributed by atoms with Gasteiger partial charge in [-0.05, 0) is 41.4 Å². The van der Waals surface area contributed by atoms with E-state index in [1.807, 2.05) is 47.4 Å². The van der Waals surface area contributed by atoms with Gasteiger partial charge < -0.3 is 10.2 Å². The Morgan fingerprint density at radius 3 is 2.23 bits per heavy atom. The topological polar surface area (TPSA) is 35.6 Å². The summed E-state index contributed by atoms with van der Waals surface area (Å²) in [7, 11) is 2.12. The molecule has 0 radical (unpaired) electrons. The third-order valence-corrected chi connectivity index (χ3v) is 5.31. The van der Waals surface area contributed by atoms with Gasteiger partial charge in [0.15, 0.2) is 0 Å². The average Bonchev–Trinajstić information content (AvgIpc) is 3.20. The molecule has 0 saturated carbocycles. The number of anilines is 1. The van der Waals surface area contributed by atoms with Crippen LogP contribution in [0.3, 0.4) is 0 Å². The fourth-order valence-electron chi connectivity index (χ4n) is 3.69. The number of benzene rings is 3. The quantitative estimate of drug-likeness (QED) is 0.606. The molecule has 4 rings (SSSR count). The summed E-state index contributed by atoms with van der Waals surface area (Å²) in [5, 5.41) is 3.00. The summed E-state index contributed by atoms with van der Waals surface area (Å²) in [6.45, 7) is 3.14. The molecular formula is C26H27N3O. The van der Waals surface area contributed by atoms with E-state index in [4.69, 9.17) is 0 Å². The smallest absolute Gasteiger partial charge is 0.316 e. The zero-order valence-electron chi connectivity index (χ0n) is 17.3. The Kier molecular flexibility index (Phi) is 6.26. The van der Waals surface area contributed by atoms with Crippen molar-refractivity contribution in [3.05, 3.63) is 107 Å². The van der Waals surface area contributed by atoms with Crippen LogP contribution in [0.4, 0.5) is 10.5 Å². The maximum atomic E-state index is 12.6. The average molecular weight is 398 g/mol. The first-order chi connectivity index (χ1) is 14.7. The summed E-state index contributed by atoms with van der Waals surface area (Å²) >= 11 is 0. The lowest BCUT2D eigenvalue weighted by Gasteiger charge is -2.16. The summed E-state index contributed by atoms with van der Waals surface area (Å²) < 4.78 is 0. The summed E-state index contributed by atoms with van der Waals surface area (Å²) in [4.78, 5) is 16.7. The first kappa shape index (κ1) is 19.9. The molecule has 0 aliphatic carbocycles. The molecule has 0 spiro atoms. The Morgan fingerprint density at radius 1 is 0.933 bits per heavy atom. The van der Waals surface area contributed by atoms with Gasteiger partial charge in [-0.25, -0.2) is 4.79 Å². The van der Waals surface area contributed by atoms with Gasteiger partial charge >= 0.3 is 6.03 Å². The van der Waals surface area contributed by atoms with Gasteiger partial charge in [0.25, 0.3) is 0 Å². The van der Waals surface area contributed by atoms with Crippen molar-refractivity contribution in [2.45, 2.75) is 19.6 Å². The Balaban J connectivity index is 1.26. The lowest BCUT2D eigenvalue weighted by molar-refractivity contribution is 0.212. The van der Waals surface area contributed by atoms with Gasteiger partial charge in [0, 0.05) is 31.9 Å². The van der Waals surface area contributed by atoms with Crippen LogP contribution in [0.15, 0.2) is 84.9 Å². The molecule has 0 fully saturated rings. The molecule has 0 atom stereocenters. The highest BCUT2D eigenvalue weighted by Gasteiger charge is 2.22. The number of urea groups is 1. The Bertz CT molecular complexity index is 987. The van der Waals surface area contributed by atoms with E-state index in [0.29, 0.717) is 13.1 Å². The summed E-state index contributed by atoms with van der Waals surface area (Å²) in [6, 6.07) is 26.6. The second-order valence-electron chi connectivity index (χ2n) is 7.76. The standard InChI is InChI=1S/C26H27N3O/c1-28(18-22-8-3-2-4-9-22)17-7-10-21-13-15-25(16-14-21)27-26(30)29-19-23-11-5-6-12-24(23)20-29/h2-16H,17-20H2,1H3,(H,27,30). The van der Waals surface area contributed by atoms with Crippen molar-refractivity contribution in [1.29, 1.82) is 0 Å². The zero-order chi connectivity index (χ0) is 20.8. The Hall–Kier alpha value is -3.37. The van der Waals surface area contributed by atoms with Gasteiger partial charge in [-0.15, -0.1) is 0 Å². The van der Waals surface area contributed by atoms with E-state index in [9.17, 15) is 4.79 Å². The number of nitrogens with one attached hydrogen (secondary N) is 1. The number of rotatable bonds is 6. The number of likely N-dealkylation sites (N-methyl/N-ethyl adjacent to an activating group) is 1. The van der Waals surface area contributed by atoms with E-state index in [2.05, 4.69) is 65.8 Å². The summed E-state index contributed by atoms with van der Waals surface area (Å²) in [5.41, 5.74) is 5.70. The number of hydrogen-bond donors (Lipinski definition) is 1. The third kappa shape index (κ3) is 5.16. The number of carbonyl (C=O) groups excluding carboxylic acids is 1. The van der Waals surface area contributed by atoms with E-state index in [0.717, 1.165) is 24.3 Å². The zero-order valence-corrected chi connectivity index (χ0v) is 17.3. The van der Waals surface area contributed by atoms with Crippen LogP contribution >= 0.6 is 0 Å². The Morgan fingerprint density at radius 2 is 1.57 bits per heavy atom. The first-order valence-corrected chi connectivity index (χ1v) is 10.3. The largest absolute Gasteiger partial charge is 0.322 e. The Labute approximate surface area is 178 Å². The monoisotopic (exact) mass is 397 g/mol. The van der Waals surface area contributed by atoms with Gasteiger partial charge in [-0.2, -0.15) is 0 Å². The number of carbonyl (C=O) groups is 1. The van der Waals surface area contributed by atoms with Crippen LogP contribution in [0.1, 0.15) is 22.3 Å². The third-order valence-electron chi connectivity index (χ3n) is 5.31. The molecule has 0 unspecified atom stereocenters. The molecule has 2 amide bonds. The molecule has 1 heterocycles. The molecule has 0 saturated heterocycles. The molecule has 1 N–H and O–H groups in total. The van der Waals surface area contributed by atoms with E-state index in [-0.39, 0.29) is 6.03 Å². The second kappa shape index (κ2) is 9.42. The highest BCUT2D eigenvalue weighted by Crippen LogP contribution is 2.23. The highest BCUT2D eigenvalue weighted by molar-refractivity contribution is 5.89.